The summed E-state index contributed by atoms with van der Waals surface area (Å²) in [5, 5.41) is 9.57. The predicted molar refractivity (Wildman–Crippen MR) is 106 cm³/mol. The number of nitrogens with zero attached hydrogens (tertiary/aromatic N) is 2. The van der Waals surface area contributed by atoms with Gasteiger partial charge in [0.2, 0.25) is 5.91 Å². The van der Waals surface area contributed by atoms with Gasteiger partial charge in [0.05, 0.1) is 4.88 Å². The van der Waals surface area contributed by atoms with Crippen molar-refractivity contribution in [1.29, 1.82) is 0 Å². The van der Waals surface area contributed by atoms with Gasteiger partial charge in [0, 0.05) is 29.8 Å². The molecule has 31 heavy (non-hydrogen) atoms. The summed E-state index contributed by atoms with van der Waals surface area (Å²) >= 11 is 0.794. The molecule has 0 aliphatic rings. The van der Waals surface area contributed by atoms with Crippen molar-refractivity contribution in [1.82, 2.24) is 20.5 Å². The number of aromatic nitrogens is 3. The molecule has 0 aliphatic heterocycles. The molecular formula is C20H18F4N4O2S. The maximum Gasteiger partial charge on any atom is 0.455 e. The number of amides is 1. The van der Waals surface area contributed by atoms with Crippen molar-refractivity contribution in [3.05, 3.63) is 57.8 Å². The Bertz CT molecular complexity index is 1040. The highest BCUT2D eigenvalue weighted by atomic mass is 32.1. The number of thiophene rings is 1. The topological polar surface area (TPSA) is 87.7 Å². The maximum atomic E-state index is 13.0. The van der Waals surface area contributed by atoms with Crippen LogP contribution >= 0.6 is 11.3 Å². The molecule has 0 fully saturated rings. The number of H-pyrrole nitrogens is 1. The maximum absolute atomic E-state index is 13.0. The van der Waals surface area contributed by atoms with E-state index in [0.717, 1.165) is 17.4 Å². The molecule has 11 heteroatoms. The Morgan fingerprint density at radius 2 is 1.81 bits per heavy atom. The third-order valence-corrected chi connectivity index (χ3v) is 5.43. The molecule has 6 nitrogen and oxygen atoms in total. The monoisotopic (exact) mass is 454 g/mol. The van der Waals surface area contributed by atoms with Crippen LogP contribution in [0.3, 0.4) is 0 Å². The minimum Gasteiger partial charge on any atom is -0.356 e. The molecule has 0 bridgehead atoms. The number of nitrogens with one attached hydrogen (secondary N) is 2. The molecular weight excluding hydrogens is 436 g/mol. The summed E-state index contributed by atoms with van der Waals surface area (Å²) in [5.41, 5.74) is 0.668. The molecule has 2 N–H and O–H groups in total. The summed E-state index contributed by atoms with van der Waals surface area (Å²) in [6.45, 7) is 0.333. The quantitative estimate of drug-likeness (QED) is 0.377. The number of Topliss-reactive ketones (excluding diaryl/α,β-unsaturated/α-hetero) is 1. The number of alkyl halides is 3. The van der Waals surface area contributed by atoms with Crippen LogP contribution in [0.1, 0.15) is 33.2 Å². The van der Waals surface area contributed by atoms with Gasteiger partial charge in [0.15, 0.2) is 5.82 Å². The summed E-state index contributed by atoms with van der Waals surface area (Å²) in [7, 11) is 0. The molecule has 1 aromatic carbocycles. The van der Waals surface area contributed by atoms with Gasteiger partial charge in [0.1, 0.15) is 11.6 Å². The number of aromatic amines is 1. The predicted octanol–water partition coefficient (Wildman–Crippen LogP) is 4.10. The Morgan fingerprint density at radius 3 is 2.52 bits per heavy atom. The van der Waals surface area contributed by atoms with E-state index in [1.807, 2.05) is 0 Å². The van der Waals surface area contributed by atoms with E-state index in [2.05, 4.69) is 20.5 Å². The molecule has 0 atom stereocenters. The standard InChI is InChI=1S/C20H18F4N4O2S/c21-13-6-4-12(5-7-13)19-26-16(27-28-19)10-11-25-17(29)3-1-2-14-8-9-15(31-14)18(30)20(22,23)24/h4-9H,1-3,10-11H2,(H,25,29)(H,26,27,28). The molecule has 0 saturated carbocycles. The molecule has 2 heterocycles. The first-order chi connectivity index (χ1) is 14.7. The van der Waals surface area contributed by atoms with E-state index in [4.69, 9.17) is 0 Å². The van der Waals surface area contributed by atoms with Gasteiger partial charge in [-0.2, -0.15) is 18.3 Å². The van der Waals surface area contributed by atoms with Crippen molar-refractivity contribution in [2.75, 3.05) is 6.54 Å². The number of hydrogen-bond donors (Lipinski definition) is 2. The van der Waals surface area contributed by atoms with Crippen molar-refractivity contribution in [2.45, 2.75) is 31.9 Å². The summed E-state index contributed by atoms with van der Waals surface area (Å²) in [6, 6.07) is 8.41. The first-order valence-corrected chi connectivity index (χ1v) is 10.2. The second-order valence-electron chi connectivity index (χ2n) is 6.66. The summed E-state index contributed by atoms with van der Waals surface area (Å²) in [5.74, 6) is -1.39. The Balaban J connectivity index is 1.37. The van der Waals surface area contributed by atoms with Crippen molar-refractivity contribution in [2.24, 2.45) is 0 Å². The Kier molecular flexibility index (Phi) is 7.16. The fraction of sp³-hybridized carbons (Fsp3) is 0.300. The second kappa shape index (κ2) is 9.82. The van der Waals surface area contributed by atoms with Gasteiger partial charge in [-0.15, -0.1) is 11.3 Å². The normalized spacial score (nSPS) is 11.5. The average molecular weight is 454 g/mol. The zero-order valence-corrected chi connectivity index (χ0v) is 16.9. The Labute approximate surface area is 178 Å². The number of hydrogen-bond acceptors (Lipinski definition) is 5. The minimum absolute atomic E-state index is 0.193. The highest BCUT2D eigenvalue weighted by molar-refractivity contribution is 7.14. The molecule has 0 aliphatic carbocycles. The number of aryl methyl sites for hydroxylation is 1. The molecule has 2 aromatic heterocycles. The van der Waals surface area contributed by atoms with Crippen LogP contribution in [0.15, 0.2) is 36.4 Å². The molecule has 0 unspecified atom stereocenters. The Hall–Kier alpha value is -3.08. The fourth-order valence-electron chi connectivity index (χ4n) is 2.74. The lowest BCUT2D eigenvalue weighted by molar-refractivity contribution is -0.121. The van der Waals surface area contributed by atoms with Crippen molar-refractivity contribution in [3.8, 4) is 11.4 Å². The molecule has 3 aromatic rings. The Morgan fingerprint density at radius 1 is 1.06 bits per heavy atom. The average Bonchev–Trinajstić information content (AvgIpc) is 3.37. The van der Waals surface area contributed by atoms with Crippen molar-refractivity contribution in [3.63, 3.8) is 0 Å². The minimum atomic E-state index is -4.88. The summed E-state index contributed by atoms with van der Waals surface area (Å²) < 4.78 is 50.2. The van der Waals surface area contributed by atoms with E-state index >= 15 is 0 Å². The van der Waals surface area contributed by atoms with Crippen LogP contribution in [-0.4, -0.2) is 39.6 Å². The zero-order valence-electron chi connectivity index (χ0n) is 16.1. The van der Waals surface area contributed by atoms with E-state index in [-0.39, 0.29) is 23.0 Å². The lowest BCUT2D eigenvalue weighted by Gasteiger charge is -2.03. The first-order valence-electron chi connectivity index (χ1n) is 9.36. The highest BCUT2D eigenvalue weighted by Gasteiger charge is 2.40. The molecule has 0 saturated heterocycles. The molecule has 1 amide bonds. The van der Waals surface area contributed by atoms with Gasteiger partial charge in [-0.05, 0) is 49.2 Å². The number of carbonyl (C=O) groups excluding carboxylic acids is 2. The largest absolute Gasteiger partial charge is 0.455 e. The van der Waals surface area contributed by atoms with E-state index < -0.39 is 12.0 Å². The number of rotatable bonds is 9. The molecule has 164 valence electrons. The third-order valence-electron chi connectivity index (χ3n) is 4.29. The fourth-order valence-corrected chi connectivity index (χ4v) is 3.75. The third kappa shape index (κ3) is 6.45. The number of halogens is 4. The van der Waals surface area contributed by atoms with Gasteiger partial charge in [0.25, 0.3) is 5.78 Å². The van der Waals surface area contributed by atoms with Crippen LogP contribution in [0.5, 0.6) is 0 Å². The summed E-state index contributed by atoms with van der Waals surface area (Å²) in [4.78, 5) is 27.7. The van der Waals surface area contributed by atoms with Crippen LogP contribution in [0, 0.1) is 5.82 Å². The van der Waals surface area contributed by atoms with Crippen LogP contribution in [0.25, 0.3) is 11.4 Å². The smallest absolute Gasteiger partial charge is 0.356 e. The van der Waals surface area contributed by atoms with E-state index in [1.54, 1.807) is 12.1 Å². The van der Waals surface area contributed by atoms with Gasteiger partial charge >= 0.3 is 6.18 Å². The molecule has 0 spiro atoms. The van der Waals surface area contributed by atoms with Crippen LogP contribution in [0.4, 0.5) is 17.6 Å². The van der Waals surface area contributed by atoms with Crippen molar-refractivity contribution >= 4 is 23.0 Å². The van der Waals surface area contributed by atoms with Gasteiger partial charge in [-0.1, -0.05) is 0 Å². The second-order valence-corrected chi connectivity index (χ2v) is 7.83. The number of carbonyl (C=O) groups is 2. The van der Waals surface area contributed by atoms with E-state index in [1.165, 1.54) is 18.2 Å². The zero-order chi connectivity index (χ0) is 22.4. The van der Waals surface area contributed by atoms with Crippen LogP contribution in [-0.2, 0) is 17.6 Å². The number of ketones is 1. The van der Waals surface area contributed by atoms with Crippen LogP contribution < -0.4 is 5.32 Å². The van der Waals surface area contributed by atoms with Crippen LogP contribution in [0.2, 0.25) is 0 Å². The van der Waals surface area contributed by atoms with Crippen molar-refractivity contribution < 1.29 is 27.2 Å². The molecule has 0 radical (unpaired) electrons. The lowest BCUT2D eigenvalue weighted by atomic mass is 10.2. The first kappa shape index (κ1) is 22.6. The van der Waals surface area contributed by atoms with Gasteiger partial charge in [-0.3, -0.25) is 14.7 Å². The van der Waals surface area contributed by atoms with Gasteiger partial charge in [-0.25, -0.2) is 9.37 Å². The highest BCUT2D eigenvalue weighted by Crippen LogP contribution is 2.27. The van der Waals surface area contributed by atoms with Gasteiger partial charge < -0.3 is 5.32 Å². The lowest BCUT2D eigenvalue weighted by Crippen LogP contribution is -2.25. The van der Waals surface area contributed by atoms with E-state index in [9.17, 15) is 27.2 Å². The SMILES string of the molecule is O=C(CCCc1ccc(C(=O)C(F)(F)F)s1)NCCc1nc(-c2ccc(F)cc2)n[nH]1. The number of benzene rings is 1. The van der Waals surface area contributed by atoms with E-state index in [0.29, 0.717) is 47.9 Å². The molecule has 3 rings (SSSR count). The summed E-state index contributed by atoms with van der Waals surface area (Å²) in [6.07, 6.45) is -3.40.